The van der Waals surface area contributed by atoms with Gasteiger partial charge in [0.05, 0.1) is 11.8 Å². The monoisotopic (exact) mass is 436 g/mol. The Labute approximate surface area is 163 Å². The number of hydrogen-bond donors (Lipinski definition) is 0. The first-order valence-electron chi connectivity index (χ1n) is 8.22. The normalized spacial score (nSPS) is 15.8. The van der Waals surface area contributed by atoms with Gasteiger partial charge in [-0.25, -0.2) is 18.7 Å². The summed E-state index contributed by atoms with van der Waals surface area (Å²) in [6.45, 7) is 2.09. The molecule has 1 aliphatic heterocycles. The molecule has 0 amide bonds. The van der Waals surface area contributed by atoms with Crippen molar-refractivity contribution < 1.29 is 22.0 Å². The van der Waals surface area contributed by atoms with Crippen LogP contribution in [0.15, 0.2) is 12.4 Å². The predicted octanol–water partition coefficient (Wildman–Crippen LogP) is 3.91. The molecule has 4 heterocycles. The molecule has 0 aromatic carbocycles. The Morgan fingerprint density at radius 1 is 1.00 bits per heavy atom. The van der Waals surface area contributed by atoms with Gasteiger partial charge in [-0.2, -0.15) is 13.2 Å². The number of hydrogen-bond acceptors (Lipinski definition) is 8. The summed E-state index contributed by atoms with van der Waals surface area (Å²) < 4.78 is 63.4. The van der Waals surface area contributed by atoms with Crippen LogP contribution >= 0.6 is 22.7 Å². The van der Waals surface area contributed by atoms with Crippen LogP contribution in [0.2, 0.25) is 0 Å². The summed E-state index contributed by atoms with van der Waals surface area (Å²) in [5, 5.41) is 8.02. The van der Waals surface area contributed by atoms with E-state index >= 15 is 0 Å². The first-order valence-corrected chi connectivity index (χ1v) is 9.85. The zero-order chi connectivity index (χ0) is 19.9. The minimum Gasteiger partial charge on any atom is -0.352 e. The van der Waals surface area contributed by atoms with Crippen LogP contribution in [0.1, 0.15) is 16.3 Å². The van der Waals surface area contributed by atoms with Gasteiger partial charge in [-0.1, -0.05) is 11.3 Å². The zero-order valence-corrected chi connectivity index (χ0v) is 15.8. The van der Waals surface area contributed by atoms with Crippen molar-refractivity contribution in [2.24, 2.45) is 0 Å². The lowest BCUT2D eigenvalue weighted by molar-refractivity contribution is -0.126. The minimum absolute atomic E-state index is 0.191. The molecule has 3 aromatic heterocycles. The molecule has 28 heavy (non-hydrogen) atoms. The largest absolute Gasteiger partial charge is 0.393 e. The van der Waals surface area contributed by atoms with E-state index in [-0.39, 0.29) is 9.88 Å². The Hall–Kier alpha value is -2.15. The number of alkyl halides is 5. The molecule has 0 saturated carbocycles. The maximum Gasteiger partial charge on any atom is 0.393 e. The van der Waals surface area contributed by atoms with Crippen molar-refractivity contribution in [3.05, 3.63) is 22.3 Å². The van der Waals surface area contributed by atoms with Crippen LogP contribution in [0, 0.1) is 0 Å². The van der Waals surface area contributed by atoms with Crippen molar-refractivity contribution in [3.8, 4) is 0 Å². The standard InChI is InChI=1S/C15H13F5N6S2/c16-10(17)13-23-24-14(28-13)26-3-1-25(2-4-26)11-9-5-8(6-15(18,19)20)27-12(9)22-7-21-11/h5,7,10H,1-4,6H2. The maximum absolute atomic E-state index is 12.7. The quantitative estimate of drug-likeness (QED) is 0.578. The number of piperazine rings is 1. The number of halogens is 5. The third-order valence-corrected chi connectivity index (χ3v) is 6.23. The molecule has 1 aliphatic rings. The highest BCUT2D eigenvalue weighted by Gasteiger charge is 2.30. The molecule has 6 nitrogen and oxygen atoms in total. The summed E-state index contributed by atoms with van der Waals surface area (Å²) in [5.74, 6) is 0.583. The summed E-state index contributed by atoms with van der Waals surface area (Å²) >= 11 is 1.87. The van der Waals surface area contributed by atoms with Crippen molar-refractivity contribution in [3.63, 3.8) is 0 Å². The lowest BCUT2D eigenvalue weighted by Crippen LogP contribution is -2.46. The SMILES string of the molecule is FC(F)c1nnc(N2CCN(c3ncnc4sc(CC(F)(F)F)cc34)CC2)s1. The van der Waals surface area contributed by atoms with Gasteiger partial charge in [-0.15, -0.1) is 21.5 Å². The molecule has 150 valence electrons. The number of thiophene rings is 1. The van der Waals surface area contributed by atoms with E-state index in [2.05, 4.69) is 20.2 Å². The summed E-state index contributed by atoms with van der Waals surface area (Å²) in [5.41, 5.74) is 0. The maximum atomic E-state index is 12.7. The number of anilines is 2. The van der Waals surface area contributed by atoms with E-state index in [4.69, 9.17) is 0 Å². The van der Waals surface area contributed by atoms with E-state index in [0.717, 1.165) is 22.7 Å². The molecular weight excluding hydrogens is 423 g/mol. The van der Waals surface area contributed by atoms with Crippen LogP contribution in [0.4, 0.5) is 32.9 Å². The fourth-order valence-corrected chi connectivity index (χ4v) is 4.75. The van der Waals surface area contributed by atoms with Crippen molar-refractivity contribution in [1.29, 1.82) is 0 Å². The van der Waals surface area contributed by atoms with Gasteiger partial charge in [0.15, 0.2) is 5.01 Å². The topological polar surface area (TPSA) is 58.0 Å². The Balaban J connectivity index is 1.50. The van der Waals surface area contributed by atoms with Crippen LogP contribution in [-0.4, -0.2) is 52.5 Å². The van der Waals surface area contributed by atoms with Crippen LogP contribution in [0.5, 0.6) is 0 Å². The third kappa shape index (κ3) is 3.99. The molecular formula is C15H13F5N6S2. The van der Waals surface area contributed by atoms with Gasteiger partial charge in [-0.05, 0) is 6.07 Å². The molecule has 0 N–H and O–H groups in total. The van der Waals surface area contributed by atoms with E-state index in [9.17, 15) is 22.0 Å². The second-order valence-corrected chi connectivity index (χ2v) is 8.22. The highest BCUT2D eigenvalue weighted by atomic mass is 32.1. The molecule has 1 fully saturated rings. The number of aromatic nitrogens is 4. The van der Waals surface area contributed by atoms with Crippen molar-refractivity contribution in [2.45, 2.75) is 19.0 Å². The number of fused-ring (bicyclic) bond motifs is 1. The molecule has 3 aromatic rings. The molecule has 4 rings (SSSR count). The van der Waals surface area contributed by atoms with E-state index in [1.54, 1.807) is 0 Å². The predicted molar refractivity (Wildman–Crippen MR) is 96.5 cm³/mol. The molecule has 1 saturated heterocycles. The lowest BCUT2D eigenvalue weighted by Gasteiger charge is -2.35. The average molecular weight is 436 g/mol. The van der Waals surface area contributed by atoms with E-state index in [1.807, 2.05) is 9.80 Å². The highest BCUT2D eigenvalue weighted by molar-refractivity contribution is 7.18. The molecule has 0 bridgehead atoms. The van der Waals surface area contributed by atoms with Crippen molar-refractivity contribution in [2.75, 3.05) is 36.0 Å². The van der Waals surface area contributed by atoms with E-state index < -0.39 is 19.0 Å². The van der Waals surface area contributed by atoms with Gasteiger partial charge >= 0.3 is 6.18 Å². The summed E-state index contributed by atoms with van der Waals surface area (Å²) in [6, 6.07) is 1.49. The lowest BCUT2D eigenvalue weighted by atomic mass is 10.2. The second-order valence-electron chi connectivity index (χ2n) is 6.12. The highest BCUT2D eigenvalue weighted by Crippen LogP contribution is 2.34. The fourth-order valence-electron chi connectivity index (χ4n) is 2.98. The molecule has 0 aliphatic carbocycles. The third-order valence-electron chi connectivity index (χ3n) is 4.20. The zero-order valence-electron chi connectivity index (χ0n) is 14.2. The average Bonchev–Trinajstić information content (AvgIpc) is 3.26. The van der Waals surface area contributed by atoms with Gasteiger partial charge in [0.1, 0.15) is 17.0 Å². The fraction of sp³-hybridized carbons (Fsp3) is 0.467. The summed E-state index contributed by atoms with van der Waals surface area (Å²) in [6.07, 6.45) is -6.58. The van der Waals surface area contributed by atoms with Gasteiger partial charge < -0.3 is 9.80 Å². The van der Waals surface area contributed by atoms with E-state index in [1.165, 1.54) is 12.4 Å². The Bertz CT molecular complexity index is 963. The first kappa shape index (κ1) is 19.2. The van der Waals surface area contributed by atoms with E-state index in [0.29, 0.717) is 47.3 Å². The van der Waals surface area contributed by atoms with Crippen LogP contribution < -0.4 is 9.80 Å². The molecule has 0 atom stereocenters. The molecule has 0 unspecified atom stereocenters. The van der Waals surface area contributed by atoms with Crippen LogP contribution in [0.25, 0.3) is 10.2 Å². The smallest absolute Gasteiger partial charge is 0.352 e. The number of rotatable bonds is 4. The van der Waals surface area contributed by atoms with Gasteiger partial charge in [0.2, 0.25) is 5.13 Å². The van der Waals surface area contributed by atoms with Crippen LogP contribution in [-0.2, 0) is 6.42 Å². The Kier molecular flexibility index (Phi) is 5.04. The number of nitrogens with zero attached hydrogens (tertiary/aromatic N) is 6. The molecule has 13 heteroatoms. The van der Waals surface area contributed by atoms with Crippen molar-refractivity contribution >= 4 is 43.8 Å². The Morgan fingerprint density at radius 2 is 1.71 bits per heavy atom. The van der Waals surface area contributed by atoms with Gasteiger partial charge in [0.25, 0.3) is 6.43 Å². The molecule has 0 spiro atoms. The molecule has 0 radical (unpaired) electrons. The van der Waals surface area contributed by atoms with Crippen molar-refractivity contribution in [1.82, 2.24) is 20.2 Å². The Morgan fingerprint density at radius 3 is 2.36 bits per heavy atom. The minimum atomic E-state index is -4.28. The summed E-state index contributed by atoms with van der Waals surface area (Å²) in [4.78, 5) is 12.9. The first-order chi connectivity index (χ1) is 13.3. The summed E-state index contributed by atoms with van der Waals surface area (Å²) in [7, 11) is 0. The van der Waals surface area contributed by atoms with Gasteiger partial charge in [-0.3, -0.25) is 0 Å². The van der Waals surface area contributed by atoms with Gasteiger partial charge in [0, 0.05) is 31.1 Å². The second kappa shape index (κ2) is 7.35. The van der Waals surface area contributed by atoms with Crippen LogP contribution in [0.3, 0.4) is 0 Å².